The Morgan fingerprint density at radius 3 is 2.64 bits per heavy atom. The van der Waals surface area contributed by atoms with Crippen LogP contribution in [-0.4, -0.2) is 44.5 Å². The number of esters is 1. The second-order valence-electron chi connectivity index (χ2n) is 5.85. The van der Waals surface area contributed by atoms with Crippen LogP contribution in [0.2, 0.25) is 0 Å². The summed E-state index contributed by atoms with van der Waals surface area (Å²) in [4.78, 5) is 11.7. The van der Waals surface area contributed by atoms with Gasteiger partial charge in [0.1, 0.15) is 12.2 Å². The number of rotatable bonds is 5. The van der Waals surface area contributed by atoms with Gasteiger partial charge < -0.3 is 19.5 Å². The fourth-order valence-electron chi connectivity index (χ4n) is 3.04. The van der Waals surface area contributed by atoms with Crippen LogP contribution >= 0.6 is 15.9 Å². The number of ether oxygens (including phenoxy) is 3. The Balaban J connectivity index is 1.79. The molecule has 2 fully saturated rings. The molecular weight excluding hydrogens is 350 g/mol. The van der Waals surface area contributed by atoms with Gasteiger partial charge in [0.05, 0.1) is 18.8 Å². The molecular formula is C16H20BrNO4. The van der Waals surface area contributed by atoms with E-state index in [0.717, 1.165) is 29.5 Å². The summed E-state index contributed by atoms with van der Waals surface area (Å²) in [6.07, 6.45) is 0.744. The number of carbonyl (C=O) groups is 1. The van der Waals surface area contributed by atoms with Crippen molar-refractivity contribution in [3.05, 3.63) is 34.3 Å². The molecule has 2 heterocycles. The van der Waals surface area contributed by atoms with Gasteiger partial charge in [-0.25, -0.2) is 4.79 Å². The molecule has 6 heteroatoms. The van der Waals surface area contributed by atoms with E-state index in [1.807, 2.05) is 24.3 Å². The summed E-state index contributed by atoms with van der Waals surface area (Å²) in [5.41, 5.74) is 0.279. The molecule has 0 amide bonds. The van der Waals surface area contributed by atoms with Crippen LogP contribution in [0.25, 0.3) is 0 Å². The number of nitrogens with one attached hydrogen (secondary N) is 1. The van der Waals surface area contributed by atoms with Crippen LogP contribution in [0.3, 0.4) is 0 Å². The van der Waals surface area contributed by atoms with Crippen LogP contribution in [0.1, 0.15) is 18.9 Å². The molecule has 0 saturated carbocycles. The van der Waals surface area contributed by atoms with E-state index in [1.165, 1.54) is 0 Å². The van der Waals surface area contributed by atoms with Crippen LogP contribution in [0.5, 0.6) is 0 Å². The van der Waals surface area contributed by atoms with Gasteiger partial charge in [-0.05, 0) is 24.6 Å². The number of hydrogen-bond acceptors (Lipinski definition) is 5. The highest BCUT2D eigenvalue weighted by molar-refractivity contribution is 9.10. The van der Waals surface area contributed by atoms with Crippen molar-refractivity contribution in [1.29, 1.82) is 0 Å². The molecule has 0 radical (unpaired) electrons. The van der Waals surface area contributed by atoms with Crippen molar-refractivity contribution in [2.45, 2.75) is 24.5 Å². The van der Waals surface area contributed by atoms with Gasteiger partial charge in [0.2, 0.25) is 0 Å². The molecule has 22 heavy (non-hydrogen) atoms. The van der Waals surface area contributed by atoms with Gasteiger partial charge in [0, 0.05) is 24.0 Å². The lowest BCUT2D eigenvalue weighted by Crippen LogP contribution is -2.59. The van der Waals surface area contributed by atoms with E-state index in [4.69, 9.17) is 14.2 Å². The maximum absolute atomic E-state index is 11.7. The van der Waals surface area contributed by atoms with E-state index in [1.54, 1.807) is 6.92 Å². The Hall–Kier alpha value is -0.950. The lowest BCUT2D eigenvalue weighted by Gasteiger charge is -2.39. The molecule has 1 unspecified atom stereocenters. The molecule has 0 bridgehead atoms. The fourth-order valence-corrected chi connectivity index (χ4v) is 3.30. The Morgan fingerprint density at radius 2 is 2.09 bits per heavy atom. The number of halogens is 1. The monoisotopic (exact) mass is 369 g/mol. The van der Waals surface area contributed by atoms with E-state index in [0.29, 0.717) is 13.2 Å². The summed E-state index contributed by atoms with van der Waals surface area (Å²) >= 11 is 3.45. The SMILES string of the molecule is CCOC(=O)COC1(c2ccc(Br)cc2)COC2(CNC2)C1. The maximum atomic E-state index is 11.7. The zero-order chi connectivity index (χ0) is 15.6. The average Bonchev–Trinajstić information content (AvgIpc) is 2.88. The molecule has 2 aliphatic rings. The molecule has 0 aromatic heterocycles. The first-order chi connectivity index (χ1) is 10.6. The first kappa shape index (κ1) is 15.9. The minimum Gasteiger partial charge on any atom is -0.464 e. The van der Waals surface area contributed by atoms with Crippen LogP contribution in [0.15, 0.2) is 28.7 Å². The highest BCUT2D eigenvalue weighted by Gasteiger charge is 2.54. The average molecular weight is 370 g/mol. The molecule has 1 atom stereocenters. The summed E-state index contributed by atoms with van der Waals surface area (Å²) in [7, 11) is 0. The summed E-state index contributed by atoms with van der Waals surface area (Å²) in [5, 5.41) is 3.25. The largest absolute Gasteiger partial charge is 0.464 e. The summed E-state index contributed by atoms with van der Waals surface area (Å²) < 4.78 is 18.0. The molecule has 5 nitrogen and oxygen atoms in total. The minimum atomic E-state index is -0.588. The zero-order valence-corrected chi connectivity index (χ0v) is 14.1. The van der Waals surface area contributed by atoms with Crippen LogP contribution < -0.4 is 5.32 Å². The third-order valence-electron chi connectivity index (χ3n) is 4.26. The second-order valence-corrected chi connectivity index (χ2v) is 6.76. The summed E-state index contributed by atoms with van der Waals surface area (Å²) in [6.45, 7) is 4.20. The second kappa shape index (κ2) is 6.28. The van der Waals surface area contributed by atoms with E-state index in [9.17, 15) is 4.79 Å². The maximum Gasteiger partial charge on any atom is 0.332 e. The lowest BCUT2D eigenvalue weighted by atomic mass is 9.82. The Morgan fingerprint density at radius 1 is 1.36 bits per heavy atom. The third kappa shape index (κ3) is 3.06. The van der Waals surface area contributed by atoms with Crippen LogP contribution in [0, 0.1) is 0 Å². The van der Waals surface area contributed by atoms with E-state index in [2.05, 4.69) is 21.2 Å². The number of hydrogen-bond donors (Lipinski definition) is 1. The van der Waals surface area contributed by atoms with Crippen LogP contribution in [0.4, 0.5) is 0 Å². The fraction of sp³-hybridized carbons (Fsp3) is 0.562. The number of benzene rings is 1. The van der Waals surface area contributed by atoms with Gasteiger partial charge >= 0.3 is 5.97 Å². The van der Waals surface area contributed by atoms with Crippen molar-refractivity contribution in [1.82, 2.24) is 5.32 Å². The van der Waals surface area contributed by atoms with Gasteiger partial charge in [0.25, 0.3) is 0 Å². The lowest BCUT2D eigenvalue weighted by molar-refractivity contribution is -0.156. The van der Waals surface area contributed by atoms with Gasteiger partial charge in [-0.3, -0.25) is 0 Å². The molecule has 2 aliphatic heterocycles. The normalized spacial score (nSPS) is 25.9. The standard InChI is InChI=1S/C16H20BrNO4/c1-2-20-14(19)7-21-16(12-3-5-13(17)6-4-12)8-15(22-11-16)9-18-10-15/h3-6,18H,2,7-11H2,1H3. The molecule has 3 rings (SSSR count). The predicted molar refractivity (Wildman–Crippen MR) is 84.6 cm³/mol. The third-order valence-corrected chi connectivity index (χ3v) is 4.78. The minimum absolute atomic E-state index is 0.0588. The highest BCUT2D eigenvalue weighted by atomic mass is 79.9. The zero-order valence-electron chi connectivity index (χ0n) is 12.6. The van der Waals surface area contributed by atoms with Gasteiger partial charge in [-0.15, -0.1) is 0 Å². The molecule has 1 spiro atoms. The molecule has 1 aromatic carbocycles. The topological polar surface area (TPSA) is 56.8 Å². The highest BCUT2D eigenvalue weighted by Crippen LogP contribution is 2.44. The van der Waals surface area contributed by atoms with Gasteiger partial charge in [0.15, 0.2) is 0 Å². The van der Waals surface area contributed by atoms with Gasteiger partial charge in [-0.1, -0.05) is 28.1 Å². The van der Waals surface area contributed by atoms with Crippen LogP contribution in [-0.2, 0) is 24.6 Å². The quantitative estimate of drug-likeness (QED) is 0.804. The first-order valence-electron chi connectivity index (χ1n) is 7.48. The Bertz CT molecular complexity index is 544. The summed E-state index contributed by atoms with van der Waals surface area (Å²) in [5.74, 6) is -0.341. The van der Waals surface area contributed by atoms with Crippen molar-refractivity contribution >= 4 is 21.9 Å². The molecule has 2 saturated heterocycles. The van der Waals surface area contributed by atoms with Gasteiger partial charge in [-0.2, -0.15) is 0 Å². The Labute approximate surface area is 138 Å². The van der Waals surface area contributed by atoms with Crippen molar-refractivity contribution in [2.24, 2.45) is 0 Å². The van der Waals surface area contributed by atoms with Crippen molar-refractivity contribution < 1.29 is 19.0 Å². The summed E-state index contributed by atoms with van der Waals surface area (Å²) in [6, 6.07) is 8.00. The molecule has 1 N–H and O–H groups in total. The van der Waals surface area contributed by atoms with E-state index in [-0.39, 0.29) is 18.2 Å². The molecule has 120 valence electrons. The van der Waals surface area contributed by atoms with Crippen molar-refractivity contribution in [3.63, 3.8) is 0 Å². The van der Waals surface area contributed by atoms with E-state index < -0.39 is 5.60 Å². The molecule has 1 aromatic rings. The van der Waals surface area contributed by atoms with Crippen molar-refractivity contribution in [2.75, 3.05) is 32.9 Å². The predicted octanol–water partition coefficient (Wildman–Crippen LogP) is 1.99. The number of carbonyl (C=O) groups excluding carboxylic acids is 1. The van der Waals surface area contributed by atoms with E-state index >= 15 is 0 Å². The smallest absolute Gasteiger partial charge is 0.332 e. The first-order valence-corrected chi connectivity index (χ1v) is 8.27. The molecule has 0 aliphatic carbocycles. The van der Waals surface area contributed by atoms with Crippen molar-refractivity contribution in [3.8, 4) is 0 Å². The Kier molecular flexibility index (Phi) is 4.54.